The summed E-state index contributed by atoms with van der Waals surface area (Å²) in [6.45, 7) is 8.20. The number of thiocarbonyl (C=S) groups is 1. The number of likely N-dealkylation sites (tertiary alicyclic amines) is 1. The second-order valence-corrected chi connectivity index (χ2v) is 6.13. The van der Waals surface area contributed by atoms with Crippen LogP contribution >= 0.6 is 12.2 Å². The zero-order chi connectivity index (χ0) is 14.0. The molecular formula is C15H21FN2S. The fraction of sp³-hybridized carbons (Fsp3) is 0.533. The summed E-state index contributed by atoms with van der Waals surface area (Å²) in [5, 5.41) is 3.83. The van der Waals surface area contributed by atoms with Crippen LogP contribution in [0.5, 0.6) is 0 Å². The predicted octanol–water partition coefficient (Wildman–Crippen LogP) is 3.81. The largest absolute Gasteiger partial charge is 0.348 e. The molecule has 19 heavy (non-hydrogen) atoms. The van der Waals surface area contributed by atoms with Gasteiger partial charge in [0.05, 0.1) is 0 Å². The van der Waals surface area contributed by atoms with Crippen LogP contribution in [0.2, 0.25) is 0 Å². The molecule has 0 aliphatic carbocycles. The van der Waals surface area contributed by atoms with Gasteiger partial charge in [-0.1, -0.05) is 19.9 Å². The molecule has 1 saturated heterocycles. The maximum atomic E-state index is 13.5. The molecule has 0 unspecified atom stereocenters. The molecule has 0 aromatic heterocycles. The zero-order valence-corrected chi connectivity index (χ0v) is 12.6. The second-order valence-electron chi connectivity index (χ2n) is 5.75. The number of hydrogen-bond donors (Lipinski definition) is 1. The van der Waals surface area contributed by atoms with Crippen LogP contribution in [0.4, 0.5) is 10.1 Å². The van der Waals surface area contributed by atoms with Crippen molar-refractivity contribution in [3.05, 3.63) is 29.6 Å². The number of nitrogens with one attached hydrogen (secondary N) is 1. The summed E-state index contributed by atoms with van der Waals surface area (Å²) in [5.74, 6) is 1.10. The summed E-state index contributed by atoms with van der Waals surface area (Å²) in [5.41, 5.74) is 1.37. The number of nitrogens with zero attached hydrogens (tertiary/aromatic N) is 1. The molecule has 0 bridgehead atoms. The number of rotatable bonds is 1. The van der Waals surface area contributed by atoms with Crippen molar-refractivity contribution in [3.63, 3.8) is 0 Å². The van der Waals surface area contributed by atoms with Crippen LogP contribution in [-0.2, 0) is 0 Å². The molecule has 2 rings (SSSR count). The van der Waals surface area contributed by atoms with Crippen molar-refractivity contribution in [2.24, 2.45) is 11.8 Å². The molecule has 1 N–H and O–H groups in total. The summed E-state index contributed by atoms with van der Waals surface area (Å²) < 4.78 is 13.5. The minimum Gasteiger partial charge on any atom is -0.348 e. The third-order valence-corrected chi connectivity index (χ3v) is 3.94. The Labute approximate surface area is 120 Å². The molecular weight excluding hydrogens is 259 g/mol. The summed E-state index contributed by atoms with van der Waals surface area (Å²) in [4.78, 5) is 2.19. The van der Waals surface area contributed by atoms with E-state index >= 15 is 0 Å². The standard InChI is InChI=1S/C15H21FN2S/c1-10-6-11(2)9-18(8-10)15(19)17-13-5-4-12(3)14(16)7-13/h4-5,7,10-11H,6,8-9H2,1-3H3,(H,17,19)/t10-,11-/m1/s1. The van der Waals surface area contributed by atoms with Crippen molar-refractivity contribution >= 4 is 23.0 Å². The molecule has 2 nitrogen and oxygen atoms in total. The van der Waals surface area contributed by atoms with E-state index in [4.69, 9.17) is 12.2 Å². The van der Waals surface area contributed by atoms with Gasteiger partial charge in [-0.05, 0) is 55.1 Å². The summed E-state index contributed by atoms with van der Waals surface area (Å²) >= 11 is 5.43. The molecule has 1 aliphatic rings. The van der Waals surface area contributed by atoms with E-state index in [9.17, 15) is 4.39 Å². The topological polar surface area (TPSA) is 15.3 Å². The summed E-state index contributed by atoms with van der Waals surface area (Å²) in [7, 11) is 0. The van der Waals surface area contributed by atoms with Gasteiger partial charge in [-0.25, -0.2) is 4.39 Å². The fourth-order valence-corrected chi connectivity index (χ4v) is 2.97. The lowest BCUT2D eigenvalue weighted by Gasteiger charge is -2.36. The first-order valence-corrected chi connectivity index (χ1v) is 7.18. The molecule has 0 saturated carbocycles. The lowest BCUT2D eigenvalue weighted by molar-refractivity contribution is 0.216. The smallest absolute Gasteiger partial charge is 0.173 e. The van der Waals surface area contributed by atoms with Crippen LogP contribution in [0.25, 0.3) is 0 Å². The Balaban J connectivity index is 2.02. The molecule has 0 radical (unpaired) electrons. The lowest BCUT2D eigenvalue weighted by Crippen LogP contribution is -2.44. The van der Waals surface area contributed by atoms with Crippen LogP contribution < -0.4 is 5.32 Å². The van der Waals surface area contributed by atoms with E-state index in [0.29, 0.717) is 22.5 Å². The van der Waals surface area contributed by atoms with Gasteiger partial charge in [0, 0.05) is 18.8 Å². The monoisotopic (exact) mass is 280 g/mol. The number of halogens is 1. The normalized spacial score (nSPS) is 23.3. The van der Waals surface area contributed by atoms with Gasteiger partial charge in [0.15, 0.2) is 5.11 Å². The van der Waals surface area contributed by atoms with Crippen LogP contribution in [0, 0.1) is 24.6 Å². The Morgan fingerprint density at radius 2 is 1.95 bits per heavy atom. The molecule has 1 aliphatic heterocycles. The highest BCUT2D eigenvalue weighted by Gasteiger charge is 2.23. The summed E-state index contributed by atoms with van der Waals surface area (Å²) in [6, 6.07) is 5.13. The van der Waals surface area contributed by atoms with Crippen molar-refractivity contribution in [1.29, 1.82) is 0 Å². The number of anilines is 1. The van der Waals surface area contributed by atoms with E-state index < -0.39 is 0 Å². The first-order valence-electron chi connectivity index (χ1n) is 6.77. The van der Waals surface area contributed by atoms with Crippen molar-refractivity contribution in [3.8, 4) is 0 Å². The van der Waals surface area contributed by atoms with Gasteiger partial charge in [-0.2, -0.15) is 0 Å². The Kier molecular flexibility index (Phi) is 4.40. The molecule has 4 heteroatoms. The zero-order valence-electron chi connectivity index (χ0n) is 11.7. The first kappa shape index (κ1) is 14.3. The van der Waals surface area contributed by atoms with Gasteiger partial charge in [0.2, 0.25) is 0 Å². The van der Waals surface area contributed by atoms with E-state index in [1.54, 1.807) is 13.0 Å². The highest BCUT2D eigenvalue weighted by molar-refractivity contribution is 7.80. The third kappa shape index (κ3) is 3.66. The van der Waals surface area contributed by atoms with Gasteiger partial charge in [0.25, 0.3) is 0 Å². The van der Waals surface area contributed by atoms with Gasteiger partial charge >= 0.3 is 0 Å². The summed E-state index contributed by atoms with van der Waals surface area (Å²) in [6.07, 6.45) is 1.25. The maximum absolute atomic E-state index is 13.5. The average Bonchev–Trinajstić information content (AvgIpc) is 2.32. The van der Waals surface area contributed by atoms with Crippen molar-refractivity contribution in [1.82, 2.24) is 4.90 Å². The SMILES string of the molecule is Cc1ccc(NC(=S)N2C[C@H](C)C[C@@H](C)C2)cc1F. The number of hydrogen-bond acceptors (Lipinski definition) is 1. The molecule has 1 heterocycles. The van der Waals surface area contributed by atoms with Crippen molar-refractivity contribution in [2.75, 3.05) is 18.4 Å². The average molecular weight is 280 g/mol. The molecule has 1 aromatic carbocycles. The van der Waals surface area contributed by atoms with Crippen LogP contribution in [-0.4, -0.2) is 23.1 Å². The van der Waals surface area contributed by atoms with Gasteiger partial charge in [-0.15, -0.1) is 0 Å². The van der Waals surface area contributed by atoms with Gasteiger partial charge in [0.1, 0.15) is 5.82 Å². The van der Waals surface area contributed by atoms with Crippen LogP contribution in [0.3, 0.4) is 0 Å². The van der Waals surface area contributed by atoms with Gasteiger partial charge < -0.3 is 10.2 Å². The molecule has 1 fully saturated rings. The highest BCUT2D eigenvalue weighted by atomic mass is 32.1. The van der Waals surface area contributed by atoms with Crippen molar-refractivity contribution in [2.45, 2.75) is 27.2 Å². The Morgan fingerprint density at radius 1 is 1.32 bits per heavy atom. The van der Waals surface area contributed by atoms with E-state index in [1.807, 2.05) is 6.07 Å². The molecule has 0 amide bonds. The number of piperidine rings is 1. The van der Waals surface area contributed by atoms with E-state index in [2.05, 4.69) is 24.1 Å². The minimum atomic E-state index is -0.201. The maximum Gasteiger partial charge on any atom is 0.173 e. The Morgan fingerprint density at radius 3 is 2.53 bits per heavy atom. The third-order valence-electron chi connectivity index (χ3n) is 3.58. The van der Waals surface area contributed by atoms with Crippen molar-refractivity contribution < 1.29 is 4.39 Å². The predicted molar refractivity (Wildman–Crippen MR) is 81.9 cm³/mol. The molecule has 0 spiro atoms. The van der Waals surface area contributed by atoms with Crippen LogP contribution in [0.1, 0.15) is 25.8 Å². The van der Waals surface area contributed by atoms with E-state index in [1.165, 1.54) is 12.5 Å². The Bertz CT molecular complexity index is 465. The number of benzene rings is 1. The first-order chi connectivity index (χ1) is 8.95. The quantitative estimate of drug-likeness (QED) is 0.788. The second kappa shape index (κ2) is 5.87. The van der Waals surface area contributed by atoms with E-state index in [0.717, 1.165) is 18.8 Å². The van der Waals surface area contributed by atoms with Crippen LogP contribution in [0.15, 0.2) is 18.2 Å². The molecule has 1 aromatic rings. The Hall–Kier alpha value is -1.16. The van der Waals surface area contributed by atoms with E-state index in [-0.39, 0.29) is 5.82 Å². The number of aryl methyl sites for hydroxylation is 1. The highest BCUT2D eigenvalue weighted by Crippen LogP contribution is 2.22. The lowest BCUT2D eigenvalue weighted by atomic mass is 9.92. The molecule has 104 valence electrons. The fourth-order valence-electron chi connectivity index (χ4n) is 2.70. The van der Waals surface area contributed by atoms with Gasteiger partial charge in [-0.3, -0.25) is 0 Å². The minimum absolute atomic E-state index is 0.201. The molecule has 2 atom stereocenters.